The third-order valence-electron chi connectivity index (χ3n) is 6.26. The lowest BCUT2D eigenvalue weighted by molar-refractivity contribution is -0.0495. The van der Waals surface area contributed by atoms with Crippen molar-refractivity contribution < 1.29 is 27.9 Å². The van der Waals surface area contributed by atoms with Gasteiger partial charge < -0.3 is 18.9 Å². The Hall–Kier alpha value is -4.60. The monoisotopic (exact) mass is 504 g/mol. The summed E-state index contributed by atoms with van der Waals surface area (Å²) in [5, 5.41) is 14.1. The molecule has 1 atom stereocenters. The van der Waals surface area contributed by atoms with Gasteiger partial charge in [0.2, 0.25) is 0 Å². The van der Waals surface area contributed by atoms with Crippen molar-refractivity contribution in [1.82, 2.24) is 19.7 Å². The first-order chi connectivity index (χ1) is 17.7. The van der Waals surface area contributed by atoms with Crippen LogP contribution in [0, 0.1) is 13.8 Å². The van der Waals surface area contributed by atoms with Gasteiger partial charge in [-0.2, -0.15) is 8.78 Å². The third kappa shape index (κ3) is 4.42. The first kappa shape index (κ1) is 24.1. The first-order valence-electron chi connectivity index (χ1n) is 11.4. The highest BCUT2D eigenvalue weighted by Gasteiger charge is 2.23. The molecule has 0 radical (unpaired) electrons. The summed E-state index contributed by atoms with van der Waals surface area (Å²) >= 11 is 0. The van der Waals surface area contributed by atoms with Crippen molar-refractivity contribution in [3.8, 4) is 28.0 Å². The van der Waals surface area contributed by atoms with Gasteiger partial charge in [0.05, 0.1) is 23.0 Å². The number of pyridine rings is 2. The van der Waals surface area contributed by atoms with Crippen molar-refractivity contribution in [3.05, 3.63) is 83.8 Å². The molecule has 0 aliphatic heterocycles. The van der Waals surface area contributed by atoms with Gasteiger partial charge in [-0.1, -0.05) is 11.2 Å². The van der Waals surface area contributed by atoms with E-state index in [2.05, 4.69) is 10.1 Å². The molecule has 0 bridgehead atoms. The molecule has 5 rings (SSSR count). The summed E-state index contributed by atoms with van der Waals surface area (Å²) in [5.74, 6) is -0.879. The van der Waals surface area contributed by atoms with Crippen molar-refractivity contribution >= 4 is 17.0 Å². The minimum atomic E-state index is -3.14. The van der Waals surface area contributed by atoms with E-state index in [4.69, 9.17) is 14.2 Å². The van der Waals surface area contributed by atoms with Crippen LogP contribution in [0.5, 0.6) is 5.75 Å². The van der Waals surface area contributed by atoms with E-state index in [0.717, 1.165) is 22.9 Å². The summed E-state index contributed by atoms with van der Waals surface area (Å²) in [4.78, 5) is 20.7. The van der Waals surface area contributed by atoms with Gasteiger partial charge >= 0.3 is 12.6 Å². The molecule has 4 heterocycles. The molecule has 1 aromatic carbocycles. The number of nitrogens with zero attached hydrogens (tertiary/aromatic N) is 4. The van der Waals surface area contributed by atoms with Gasteiger partial charge in [-0.25, -0.2) is 9.78 Å². The van der Waals surface area contributed by atoms with Gasteiger partial charge in [-0.3, -0.25) is 4.98 Å². The predicted octanol–water partition coefficient (Wildman–Crippen LogP) is 6.28. The Labute approximate surface area is 210 Å². The van der Waals surface area contributed by atoms with Crippen LogP contribution in [0.15, 0.2) is 65.6 Å². The minimum absolute atomic E-state index is 0.167. The quantitative estimate of drug-likeness (QED) is 0.278. The number of aromatic nitrogens is 4. The zero-order chi connectivity index (χ0) is 26.3. The number of aromatic carboxylic acids is 1. The van der Waals surface area contributed by atoms with E-state index in [-0.39, 0.29) is 17.4 Å². The fourth-order valence-electron chi connectivity index (χ4n) is 4.51. The molecule has 8 nitrogen and oxygen atoms in total. The highest BCUT2D eigenvalue weighted by atomic mass is 19.3. The Kier molecular flexibility index (Phi) is 6.16. The molecule has 4 aromatic heterocycles. The average Bonchev–Trinajstić information content (AvgIpc) is 3.42. The Morgan fingerprint density at radius 3 is 2.57 bits per heavy atom. The van der Waals surface area contributed by atoms with E-state index in [1.54, 1.807) is 25.5 Å². The normalized spacial score (nSPS) is 12.3. The number of halogens is 2. The van der Waals surface area contributed by atoms with Gasteiger partial charge in [0.1, 0.15) is 17.2 Å². The Balaban J connectivity index is 1.78. The molecule has 0 saturated carbocycles. The van der Waals surface area contributed by atoms with E-state index in [1.165, 1.54) is 12.1 Å². The van der Waals surface area contributed by atoms with Crippen LogP contribution in [-0.4, -0.2) is 37.4 Å². The van der Waals surface area contributed by atoms with Gasteiger partial charge in [-0.15, -0.1) is 0 Å². The molecule has 0 amide bonds. The maximum Gasteiger partial charge on any atom is 0.387 e. The van der Waals surface area contributed by atoms with Gasteiger partial charge in [-0.05, 0) is 57.2 Å². The number of carbonyl (C=O) groups is 1. The number of ether oxygens (including phenoxy) is 1. The lowest BCUT2D eigenvalue weighted by Crippen LogP contribution is -2.08. The average molecular weight is 504 g/mol. The van der Waals surface area contributed by atoms with E-state index in [1.807, 2.05) is 42.7 Å². The Morgan fingerprint density at radius 2 is 1.92 bits per heavy atom. The molecule has 0 aliphatic rings. The number of benzene rings is 1. The number of rotatable bonds is 7. The van der Waals surface area contributed by atoms with Crippen LogP contribution in [0.25, 0.3) is 33.3 Å². The number of fused-ring (bicyclic) bond motifs is 1. The molecule has 188 valence electrons. The van der Waals surface area contributed by atoms with E-state index < -0.39 is 12.6 Å². The second kappa shape index (κ2) is 9.45. The van der Waals surface area contributed by atoms with Crippen LogP contribution in [0.1, 0.15) is 40.5 Å². The van der Waals surface area contributed by atoms with E-state index >= 15 is 0 Å². The molecule has 0 saturated heterocycles. The topological polar surface area (TPSA) is 103 Å². The van der Waals surface area contributed by atoms with E-state index in [0.29, 0.717) is 33.6 Å². The van der Waals surface area contributed by atoms with Crippen LogP contribution in [-0.2, 0) is 0 Å². The van der Waals surface area contributed by atoms with Crippen molar-refractivity contribution in [2.45, 2.75) is 33.4 Å². The predicted molar refractivity (Wildman–Crippen MR) is 132 cm³/mol. The largest absolute Gasteiger partial charge is 0.478 e. The van der Waals surface area contributed by atoms with Crippen molar-refractivity contribution in [3.63, 3.8) is 0 Å². The van der Waals surface area contributed by atoms with Gasteiger partial charge in [0.15, 0.2) is 0 Å². The molecule has 5 aromatic rings. The molecule has 37 heavy (non-hydrogen) atoms. The number of hydrogen-bond donors (Lipinski definition) is 1. The summed E-state index contributed by atoms with van der Waals surface area (Å²) in [6, 6.07) is 11.2. The summed E-state index contributed by atoms with van der Waals surface area (Å²) in [6.45, 7) is 2.44. The van der Waals surface area contributed by atoms with Gasteiger partial charge in [0.25, 0.3) is 0 Å². The summed E-state index contributed by atoms with van der Waals surface area (Å²) in [6.07, 6.45) is 5.20. The van der Waals surface area contributed by atoms with Crippen LogP contribution < -0.4 is 4.74 Å². The zero-order valence-electron chi connectivity index (χ0n) is 20.1. The molecule has 0 unspecified atom stereocenters. The third-order valence-corrected chi connectivity index (χ3v) is 6.26. The number of hydrogen-bond acceptors (Lipinski definition) is 6. The molecule has 0 spiro atoms. The molecule has 1 N–H and O–H groups in total. The first-order valence-corrected chi connectivity index (χ1v) is 11.4. The number of carboxylic acids is 1. The Bertz CT molecular complexity index is 1590. The van der Waals surface area contributed by atoms with Crippen LogP contribution in [0.4, 0.5) is 8.78 Å². The van der Waals surface area contributed by atoms with E-state index in [9.17, 15) is 18.7 Å². The molecule has 0 fully saturated rings. The lowest BCUT2D eigenvalue weighted by Gasteiger charge is -2.14. The lowest BCUT2D eigenvalue weighted by atomic mass is 10.00. The fourth-order valence-corrected chi connectivity index (χ4v) is 4.51. The standard InChI is InChI=1S/C27H22F2N4O4/c1-14-24(16(3)37-32-14)18-10-20-21(19-8-7-17(26(34)35)11-23(19)36-27(28)29)13-33(25(20)31-12-18)15(2)22-6-4-5-9-30-22/h4-13,15,27H,1-3H3,(H,34,35)/t15-/m0/s1. The van der Waals surface area contributed by atoms with Crippen LogP contribution in [0.2, 0.25) is 0 Å². The smallest absolute Gasteiger partial charge is 0.387 e. The highest BCUT2D eigenvalue weighted by Crippen LogP contribution is 2.40. The molecular weight excluding hydrogens is 482 g/mol. The van der Waals surface area contributed by atoms with Crippen molar-refractivity contribution in [2.75, 3.05) is 0 Å². The second-order valence-corrected chi connectivity index (χ2v) is 8.57. The molecule has 0 aliphatic carbocycles. The van der Waals surface area contributed by atoms with Crippen molar-refractivity contribution in [1.29, 1.82) is 0 Å². The molecule has 10 heteroatoms. The Morgan fingerprint density at radius 1 is 1.11 bits per heavy atom. The second-order valence-electron chi connectivity index (χ2n) is 8.57. The SMILES string of the molecule is Cc1noc(C)c1-c1cnc2c(c1)c(-c1ccc(C(=O)O)cc1OC(F)F)cn2[C@@H](C)c1ccccn1. The molecular formula is C27H22F2N4O4. The van der Waals surface area contributed by atoms with Gasteiger partial charge in [0, 0.05) is 46.2 Å². The van der Waals surface area contributed by atoms with Crippen molar-refractivity contribution in [2.24, 2.45) is 0 Å². The maximum absolute atomic E-state index is 13.3. The fraction of sp³-hybridized carbons (Fsp3) is 0.185. The summed E-state index contributed by atoms with van der Waals surface area (Å²) < 4.78 is 38.7. The number of carboxylic acid groups (broad SMARTS) is 1. The number of alkyl halides is 2. The summed E-state index contributed by atoms with van der Waals surface area (Å²) in [7, 11) is 0. The minimum Gasteiger partial charge on any atom is -0.478 e. The number of aryl methyl sites for hydroxylation is 2. The summed E-state index contributed by atoms with van der Waals surface area (Å²) in [5.41, 5.74) is 4.28. The zero-order valence-corrected chi connectivity index (χ0v) is 20.1. The maximum atomic E-state index is 13.3. The van der Waals surface area contributed by atoms with Crippen LogP contribution >= 0.6 is 0 Å². The highest BCUT2D eigenvalue weighted by molar-refractivity contribution is 5.99. The van der Waals surface area contributed by atoms with Crippen LogP contribution in [0.3, 0.4) is 0 Å².